The first-order valence-corrected chi connectivity index (χ1v) is 6.44. The summed E-state index contributed by atoms with van der Waals surface area (Å²) in [4.78, 5) is 11.0. The number of benzene rings is 2. The van der Waals surface area contributed by atoms with E-state index in [4.69, 9.17) is 5.73 Å². The van der Waals surface area contributed by atoms with E-state index in [1.807, 2.05) is 37.3 Å². The first-order chi connectivity index (χ1) is 9.58. The van der Waals surface area contributed by atoms with Gasteiger partial charge in [-0.25, -0.2) is 4.39 Å². The van der Waals surface area contributed by atoms with Crippen LogP contribution in [0.25, 0.3) is 0 Å². The van der Waals surface area contributed by atoms with Gasteiger partial charge < -0.3 is 11.1 Å². The highest BCUT2D eigenvalue weighted by Gasteiger charge is 2.09. The number of halogens is 1. The van der Waals surface area contributed by atoms with Gasteiger partial charge >= 0.3 is 0 Å². The Labute approximate surface area is 117 Å². The van der Waals surface area contributed by atoms with Crippen molar-refractivity contribution >= 4 is 5.91 Å². The molecular formula is C16H17FN2O. The summed E-state index contributed by atoms with van der Waals surface area (Å²) in [5.74, 6) is -1.05. The Morgan fingerprint density at radius 2 is 1.95 bits per heavy atom. The number of hydrogen-bond donors (Lipinski definition) is 2. The Bertz CT molecular complexity index is 599. The molecule has 104 valence electrons. The molecule has 3 nitrogen and oxygen atoms in total. The lowest BCUT2D eigenvalue weighted by atomic mass is 10.1. The molecule has 0 aliphatic rings. The second-order valence-corrected chi connectivity index (χ2v) is 4.68. The van der Waals surface area contributed by atoms with Gasteiger partial charge in [-0.2, -0.15) is 0 Å². The van der Waals surface area contributed by atoms with E-state index in [2.05, 4.69) is 5.32 Å². The number of amides is 1. The molecule has 0 radical (unpaired) electrons. The van der Waals surface area contributed by atoms with E-state index in [0.717, 1.165) is 5.56 Å². The quantitative estimate of drug-likeness (QED) is 0.879. The molecule has 0 aromatic heterocycles. The summed E-state index contributed by atoms with van der Waals surface area (Å²) in [6.07, 6.45) is 0. The molecule has 2 aromatic rings. The molecule has 4 heteroatoms. The summed E-state index contributed by atoms with van der Waals surface area (Å²) < 4.78 is 13.8. The third-order valence-corrected chi connectivity index (χ3v) is 3.24. The van der Waals surface area contributed by atoms with Gasteiger partial charge in [0.2, 0.25) is 5.91 Å². The van der Waals surface area contributed by atoms with Gasteiger partial charge in [0.15, 0.2) is 0 Å². The average molecular weight is 272 g/mol. The molecule has 0 bridgehead atoms. The maximum absolute atomic E-state index is 13.8. The van der Waals surface area contributed by atoms with Gasteiger partial charge in [-0.15, -0.1) is 0 Å². The van der Waals surface area contributed by atoms with Crippen LogP contribution in [0.3, 0.4) is 0 Å². The maximum Gasteiger partial charge on any atom is 0.248 e. The number of hydrogen-bond acceptors (Lipinski definition) is 2. The van der Waals surface area contributed by atoms with Crippen molar-refractivity contribution < 1.29 is 9.18 Å². The predicted octanol–water partition coefficient (Wildman–Crippen LogP) is 2.78. The molecule has 0 aliphatic carbocycles. The molecule has 1 amide bonds. The van der Waals surface area contributed by atoms with E-state index in [1.165, 1.54) is 12.1 Å². The monoisotopic (exact) mass is 272 g/mol. The second-order valence-electron chi connectivity index (χ2n) is 4.68. The Morgan fingerprint density at radius 3 is 2.55 bits per heavy atom. The van der Waals surface area contributed by atoms with Crippen molar-refractivity contribution in [2.24, 2.45) is 5.73 Å². The zero-order chi connectivity index (χ0) is 14.5. The number of rotatable bonds is 5. The molecule has 0 heterocycles. The van der Waals surface area contributed by atoms with E-state index in [-0.39, 0.29) is 11.6 Å². The molecule has 0 saturated carbocycles. The van der Waals surface area contributed by atoms with Crippen LogP contribution in [0.1, 0.15) is 34.5 Å². The van der Waals surface area contributed by atoms with Crippen molar-refractivity contribution in [2.45, 2.75) is 19.5 Å². The SMILES string of the molecule is CC(NCc1ccc(C(N)=O)cc1F)c1ccccc1. The number of carbonyl (C=O) groups excluding carboxylic acids is 1. The Hall–Kier alpha value is -2.20. The average Bonchev–Trinajstić information content (AvgIpc) is 2.46. The molecule has 0 fully saturated rings. The zero-order valence-corrected chi connectivity index (χ0v) is 11.3. The fourth-order valence-corrected chi connectivity index (χ4v) is 1.97. The summed E-state index contributed by atoms with van der Waals surface area (Å²) in [6, 6.07) is 14.3. The summed E-state index contributed by atoms with van der Waals surface area (Å²) in [7, 11) is 0. The van der Waals surface area contributed by atoms with E-state index in [0.29, 0.717) is 12.1 Å². The van der Waals surface area contributed by atoms with Crippen LogP contribution in [-0.2, 0) is 6.54 Å². The van der Waals surface area contributed by atoms with Gasteiger partial charge in [0.05, 0.1) is 0 Å². The van der Waals surface area contributed by atoms with Crippen molar-refractivity contribution in [1.29, 1.82) is 0 Å². The van der Waals surface area contributed by atoms with E-state index in [1.54, 1.807) is 6.07 Å². The number of carbonyl (C=O) groups is 1. The minimum absolute atomic E-state index is 0.117. The van der Waals surface area contributed by atoms with Crippen LogP contribution in [0.5, 0.6) is 0 Å². The van der Waals surface area contributed by atoms with Crippen molar-refractivity contribution in [3.05, 3.63) is 71.0 Å². The van der Waals surface area contributed by atoms with Gasteiger partial charge in [-0.05, 0) is 24.6 Å². The molecule has 0 aliphatic heterocycles. The van der Waals surface area contributed by atoms with Crippen LogP contribution >= 0.6 is 0 Å². The smallest absolute Gasteiger partial charge is 0.248 e. The van der Waals surface area contributed by atoms with E-state index >= 15 is 0 Å². The highest BCUT2D eigenvalue weighted by molar-refractivity contribution is 5.92. The van der Waals surface area contributed by atoms with Gasteiger partial charge in [0.25, 0.3) is 0 Å². The number of nitrogens with two attached hydrogens (primary N) is 1. The Balaban J connectivity index is 2.02. The Kier molecular flexibility index (Phi) is 4.48. The lowest BCUT2D eigenvalue weighted by Crippen LogP contribution is -2.19. The van der Waals surface area contributed by atoms with Crippen molar-refractivity contribution in [3.63, 3.8) is 0 Å². The summed E-state index contributed by atoms with van der Waals surface area (Å²) in [5.41, 5.74) is 6.94. The number of nitrogens with one attached hydrogen (secondary N) is 1. The summed E-state index contributed by atoms with van der Waals surface area (Å²) in [6.45, 7) is 2.41. The lowest BCUT2D eigenvalue weighted by Gasteiger charge is -2.14. The highest BCUT2D eigenvalue weighted by atomic mass is 19.1. The van der Waals surface area contributed by atoms with Crippen molar-refractivity contribution in [2.75, 3.05) is 0 Å². The molecular weight excluding hydrogens is 255 g/mol. The van der Waals surface area contributed by atoms with Gasteiger partial charge in [0.1, 0.15) is 5.82 Å². The summed E-state index contributed by atoms with van der Waals surface area (Å²) in [5, 5.41) is 3.25. The predicted molar refractivity (Wildman–Crippen MR) is 76.6 cm³/mol. The molecule has 0 spiro atoms. The lowest BCUT2D eigenvalue weighted by molar-refractivity contribution is 0.1000. The van der Waals surface area contributed by atoms with Gasteiger partial charge in [0, 0.05) is 23.7 Å². The highest BCUT2D eigenvalue weighted by Crippen LogP contribution is 2.14. The Morgan fingerprint density at radius 1 is 1.25 bits per heavy atom. The normalized spacial score (nSPS) is 12.1. The molecule has 2 aromatic carbocycles. The standard InChI is InChI=1S/C16H17FN2O/c1-11(12-5-3-2-4-6-12)19-10-14-8-7-13(16(18)20)9-15(14)17/h2-9,11,19H,10H2,1H3,(H2,18,20). The topological polar surface area (TPSA) is 55.1 Å². The van der Waals surface area contributed by atoms with Gasteiger partial charge in [-0.3, -0.25) is 4.79 Å². The maximum atomic E-state index is 13.8. The van der Waals surface area contributed by atoms with Gasteiger partial charge in [-0.1, -0.05) is 36.4 Å². The van der Waals surface area contributed by atoms with Crippen molar-refractivity contribution in [3.8, 4) is 0 Å². The third-order valence-electron chi connectivity index (χ3n) is 3.24. The summed E-state index contributed by atoms with van der Waals surface area (Å²) >= 11 is 0. The van der Waals surface area contributed by atoms with Crippen LogP contribution in [-0.4, -0.2) is 5.91 Å². The molecule has 1 unspecified atom stereocenters. The molecule has 20 heavy (non-hydrogen) atoms. The molecule has 3 N–H and O–H groups in total. The minimum Gasteiger partial charge on any atom is -0.366 e. The van der Waals surface area contributed by atoms with E-state index in [9.17, 15) is 9.18 Å². The first kappa shape index (κ1) is 14.2. The third kappa shape index (κ3) is 3.42. The largest absolute Gasteiger partial charge is 0.366 e. The first-order valence-electron chi connectivity index (χ1n) is 6.44. The molecule has 2 rings (SSSR count). The minimum atomic E-state index is -0.624. The van der Waals surface area contributed by atoms with Crippen LogP contribution < -0.4 is 11.1 Å². The second kappa shape index (κ2) is 6.30. The van der Waals surface area contributed by atoms with Crippen LogP contribution in [0.15, 0.2) is 48.5 Å². The fraction of sp³-hybridized carbons (Fsp3) is 0.188. The molecule has 1 atom stereocenters. The molecule has 0 saturated heterocycles. The van der Waals surface area contributed by atoms with E-state index < -0.39 is 11.7 Å². The number of primary amides is 1. The van der Waals surface area contributed by atoms with Crippen molar-refractivity contribution in [1.82, 2.24) is 5.32 Å². The fourth-order valence-electron chi connectivity index (χ4n) is 1.97. The van der Waals surface area contributed by atoms with Crippen LogP contribution in [0, 0.1) is 5.82 Å². The van der Waals surface area contributed by atoms with Crippen LogP contribution in [0.4, 0.5) is 4.39 Å². The van der Waals surface area contributed by atoms with Crippen LogP contribution in [0.2, 0.25) is 0 Å². The zero-order valence-electron chi connectivity index (χ0n) is 11.3.